The first kappa shape index (κ1) is 20.8. The predicted molar refractivity (Wildman–Crippen MR) is 109 cm³/mol. The molecule has 0 saturated carbocycles. The number of methoxy groups -OCH3 is 1. The predicted octanol–water partition coefficient (Wildman–Crippen LogP) is 4.07. The number of benzene rings is 2. The second kappa shape index (κ2) is 8.63. The van der Waals surface area contributed by atoms with Crippen LogP contribution in [0.5, 0.6) is 0 Å². The zero-order valence-corrected chi connectivity index (χ0v) is 17.4. The summed E-state index contributed by atoms with van der Waals surface area (Å²) in [6, 6.07) is 15.2. The van der Waals surface area contributed by atoms with Crippen molar-refractivity contribution in [2.24, 2.45) is 0 Å². The Hall–Kier alpha value is -2.90. The molecule has 0 aliphatic carbocycles. The van der Waals surface area contributed by atoms with Crippen LogP contribution in [-0.2, 0) is 27.8 Å². The highest BCUT2D eigenvalue weighted by molar-refractivity contribution is 7.89. The number of rotatable bonds is 7. The average Bonchev–Trinajstić information content (AvgIpc) is 3.22. The van der Waals surface area contributed by atoms with E-state index in [0.29, 0.717) is 11.3 Å². The van der Waals surface area contributed by atoms with E-state index in [4.69, 9.17) is 9.15 Å². The molecule has 0 amide bonds. The van der Waals surface area contributed by atoms with Gasteiger partial charge in [-0.25, -0.2) is 13.2 Å². The van der Waals surface area contributed by atoms with Crippen LogP contribution in [0.1, 0.15) is 32.8 Å². The second-order valence-electron chi connectivity index (χ2n) is 6.79. The molecule has 7 heteroatoms. The Balaban J connectivity index is 1.93. The SMILES string of the molecule is COC(=O)c1ccc(CN(Cc2ccco2)S(=O)(=O)c2ccc(C)c(C)c2)cc1. The molecule has 6 nitrogen and oxygen atoms in total. The molecule has 152 valence electrons. The number of carbonyl (C=O) groups is 1. The van der Waals surface area contributed by atoms with Crippen molar-refractivity contribution in [1.29, 1.82) is 0 Å². The zero-order chi connectivity index (χ0) is 21.0. The first-order valence-electron chi connectivity index (χ1n) is 9.08. The van der Waals surface area contributed by atoms with Gasteiger partial charge in [-0.2, -0.15) is 4.31 Å². The minimum atomic E-state index is -3.76. The fourth-order valence-electron chi connectivity index (χ4n) is 2.89. The average molecular weight is 413 g/mol. The number of esters is 1. The summed E-state index contributed by atoms with van der Waals surface area (Å²) in [7, 11) is -2.45. The molecule has 2 aromatic carbocycles. The third kappa shape index (κ3) is 4.75. The Morgan fingerprint density at radius 2 is 1.72 bits per heavy atom. The van der Waals surface area contributed by atoms with E-state index in [1.807, 2.05) is 13.8 Å². The van der Waals surface area contributed by atoms with Crippen molar-refractivity contribution in [3.63, 3.8) is 0 Å². The molecule has 1 heterocycles. The Morgan fingerprint density at radius 1 is 1.00 bits per heavy atom. The third-order valence-corrected chi connectivity index (χ3v) is 6.55. The van der Waals surface area contributed by atoms with E-state index in [1.54, 1.807) is 54.6 Å². The summed E-state index contributed by atoms with van der Waals surface area (Å²) in [5, 5.41) is 0. The fraction of sp³-hybridized carbons (Fsp3) is 0.227. The van der Waals surface area contributed by atoms with Crippen LogP contribution in [0.4, 0.5) is 0 Å². The van der Waals surface area contributed by atoms with Crippen molar-refractivity contribution in [3.05, 3.63) is 88.9 Å². The summed E-state index contributed by atoms with van der Waals surface area (Å²) in [5.41, 5.74) is 3.09. The van der Waals surface area contributed by atoms with E-state index in [0.717, 1.165) is 16.7 Å². The fourth-order valence-corrected chi connectivity index (χ4v) is 4.37. The van der Waals surface area contributed by atoms with Gasteiger partial charge in [0.05, 0.1) is 30.4 Å². The van der Waals surface area contributed by atoms with Crippen LogP contribution in [0.25, 0.3) is 0 Å². The Kier molecular flexibility index (Phi) is 6.20. The molecule has 0 spiro atoms. The Labute approximate surface area is 170 Å². The minimum Gasteiger partial charge on any atom is -0.468 e. The van der Waals surface area contributed by atoms with E-state index in [2.05, 4.69) is 0 Å². The number of carbonyl (C=O) groups excluding carboxylic acids is 1. The number of aryl methyl sites for hydroxylation is 2. The topological polar surface area (TPSA) is 76.8 Å². The molecular weight excluding hydrogens is 390 g/mol. The molecule has 29 heavy (non-hydrogen) atoms. The van der Waals surface area contributed by atoms with Crippen molar-refractivity contribution in [2.75, 3.05) is 7.11 Å². The van der Waals surface area contributed by atoms with Gasteiger partial charge in [0, 0.05) is 6.54 Å². The lowest BCUT2D eigenvalue weighted by Gasteiger charge is -2.22. The van der Waals surface area contributed by atoms with Gasteiger partial charge in [0.25, 0.3) is 0 Å². The van der Waals surface area contributed by atoms with Gasteiger partial charge < -0.3 is 9.15 Å². The molecule has 0 atom stereocenters. The van der Waals surface area contributed by atoms with E-state index < -0.39 is 16.0 Å². The number of furan rings is 1. The van der Waals surface area contributed by atoms with Gasteiger partial charge in [0.2, 0.25) is 10.0 Å². The number of sulfonamides is 1. The third-order valence-electron chi connectivity index (χ3n) is 4.76. The van der Waals surface area contributed by atoms with Crippen LogP contribution >= 0.6 is 0 Å². The van der Waals surface area contributed by atoms with Gasteiger partial charge in [-0.15, -0.1) is 0 Å². The monoisotopic (exact) mass is 413 g/mol. The Morgan fingerprint density at radius 3 is 2.31 bits per heavy atom. The van der Waals surface area contributed by atoms with Gasteiger partial charge in [-0.1, -0.05) is 18.2 Å². The molecule has 0 bridgehead atoms. The molecule has 0 N–H and O–H groups in total. The molecule has 3 aromatic rings. The molecule has 0 aliphatic heterocycles. The van der Waals surface area contributed by atoms with Crippen LogP contribution in [0.2, 0.25) is 0 Å². The highest BCUT2D eigenvalue weighted by atomic mass is 32.2. The van der Waals surface area contributed by atoms with E-state index in [9.17, 15) is 13.2 Å². The summed E-state index contributed by atoms with van der Waals surface area (Å²) in [6.45, 7) is 4.06. The second-order valence-corrected chi connectivity index (χ2v) is 8.72. The van der Waals surface area contributed by atoms with Gasteiger partial charge in [0.15, 0.2) is 0 Å². The molecule has 0 fully saturated rings. The normalized spacial score (nSPS) is 11.6. The molecule has 0 aliphatic rings. The summed E-state index contributed by atoms with van der Waals surface area (Å²) in [4.78, 5) is 11.9. The van der Waals surface area contributed by atoms with E-state index in [1.165, 1.54) is 17.7 Å². The smallest absolute Gasteiger partial charge is 0.337 e. The maximum atomic E-state index is 13.4. The standard InChI is InChI=1S/C22H23NO5S/c1-16-6-11-21(13-17(16)2)29(25,26)23(15-20-5-4-12-28-20)14-18-7-9-19(10-8-18)22(24)27-3/h4-13H,14-15H2,1-3H3. The lowest BCUT2D eigenvalue weighted by atomic mass is 10.1. The van der Waals surface area contributed by atoms with Crippen LogP contribution < -0.4 is 0 Å². The van der Waals surface area contributed by atoms with Crippen molar-refractivity contribution in [3.8, 4) is 0 Å². The highest BCUT2D eigenvalue weighted by Crippen LogP contribution is 2.23. The van der Waals surface area contributed by atoms with Crippen molar-refractivity contribution in [2.45, 2.75) is 31.8 Å². The largest absolute Gasteiger partial charge is 0.468 e. The van der Waals surface area contributed by atoms with Gasteiger partial charge in [-0.3, -0.25) is 0 Å². The summed E-state index contributed by atoms with van der Waals surface area (Å²) in [6.07, 6.45) is 1.52. The van der Waals surface area contributed by atoms with E-state index in [-0.39, 0.29) is 18.0 Å². The van der Waals surface area contributed by atoms with Gasteiger partial charge >= 0.3 is 5.97 Å². The molecular formula is C22H23NO5S. The van der Waals surface area contributed by atoms with Crippen LogP contribution in [0, 0.1) is 13.8 Å². The summed E-state index contributed by atoms with van der Waals surface area (Å²) < 4.78 is 38.2. The quantitative estimate of drug-likeness (QED) is 0.546. The first-order chi connectivity index (χ1) is 13.8. The minimum absolute atomic E-state index is 0.0982. The summed E-state index contributed by atoms with van der Waals surface area (Å²) >= 11 is 0. The maximum absolute atomic E-state index is 13.4. The molecule has 3 rings (SSSR count). The molecule has 0 saturated heterocycles. The van der Waals surface area contributed by atoms with Crippen LogP contribution in [0.3, 0.4) is 0 Å². The lowest BCUT2D eigenvalue weighted by Crippen LogP contribution is -2.30. The van der Waals surface area contributed by atoms with Crippen LogP contribution in [-0.4, -0.2) is 25.8 Å². The van der Waals surface area contributed by atoms with Gasteiger partial charge in [-0.05, 0) is 66.9 Å². The van der Waals surface area contributed by atoms with Gasteiger partial charge in [0.1, 0.15) is 5.76 Å². The van der Waals surface area contributed by atoms with Crippen LogP contribution in [0.15, 0.2) is 70.2 Å². The van der Waals surface area contributed by atoms with Crippen molar-refractivity contribution < 1.29 is 22.4 Å². The number of hydrogen-bond donors (Lipinski definition) is 0. The van der Waals surface area contributed by atoms with E-state index >= 15 is 0 Å². The molecule has 0 radical (unpaired) electrons. The first-order valence-corrected chi connectivity index (χ1v) is 10.5. The zero-order valence-electron chi connectivity index (χ0n) is 16.6. The molecule has 1 aromatic heterocycles. The number of ether oxygens (including phenoxy) is 1. The highest BCUT2D eigenvalue weighted by Gasteiger charge is 2.26. The number of hydrogen-bond acceptors (Lipinski definition) is 5. The van der Waals surface area contributed by atoms with Crippen molar-refractivity contribution in [1.82, 2.24) is 4.31 Å². The lowest BCUT2D eigenvalue weighted by molar-refractivity contribution is 0.0600. The number of nitrogens with zero attached hydrogens (tertiary/aromatic N) is 1. The maximum Gasteiger partial charge on any atom is 0.337 e. The van der Waals surface area contributed by atoms with Crippen molar-refractivity contribution >= 4 is 16.0 Å². The molecule has 0 unspecified atom stereocenters. The Bertz CT molecular complexity index is 1090. The summed E-state index contributed by atoms with van der Waals surface area (Å²) in [5.74, 6) is 0.107.